The Morgan fingerprint density at radius 1 is 1.53 bits per heavy atom. The number of benzene rings is 1. The first-order chi connectivity index (χ1) is 8.00. The lowest BCUT2D eigenvalue weighted by atomic mass is 10.1. The maximum Gasteiger partial charge on any atom is 0.254 e. The number of hydrogen-bond donors (Lipinski definition) is 0. The third kappa shape index (κ3) is 2.83. The minimum atomic E-state index is 0.0490. The molecule has 4 heteroatoms. The number of hydrogen-bond acceptors (Lipinski definition) is 1. The lowest BCUT2D eigenvalue weighted by molar-refractivity contribution is 0.0726. The van der Waals surface area contributed by atoms with Gasteiger partial charge in [0, 0.05) is 22.6 Å². The molecule has 1 aliphatic rings. The van der Waals surface area contributed by atoms with E-state index in [1.165, 1.54) is 12.8 Å². The van der Waals surface area contributed by atoms with Gasteiger partial charge in [0.1, 0.15) is 0 Å². The molecule has 1 atom stereocenters. The van der Waals surface area contributed by atoms with E-state index in [9.17, 15) is 4.79 Å². The van der Waals surface area contributed by atoms with Crippen LogP contribution in [0.5, 0.6) is 0 Å². The molecule has 0 heterocycles. The van der Waals surface area contributed by atoms with Crippen LogP contribution in [0.15, 0.2) is 22.7 Å². The summed E-state index contributed by atoms with van der Waals surface area (Å²) in [4.78, 5) is 14.1. The van der Waals surface area contributed by atoms with Gasteiger partial charge in [-0.3, -0.25) is 4.79 Å². The van der Waals surface area contributed by atoms with Crippen LogP contribution in [0.4, 0.5) is 0 Å². The molecule has 0 spiro atoms. The fourth-order valence-corrected chi connectivity index (χ4v) is 2.79. The SMILES string of the molecule is CC(C1CC1)N(C)C(=O)c1ccc(Cl)cc1Br. The normalized spacial score (nSPS) is 16.7. The Hall–Kier alpha value is -0.540. The highest BCUT2D eigenvalue weighted by atomic mass is 79.9. The molecule has 1 saturated carbocycles. The van der Waals surface area contributed by atoms with Gasteiger partial charge in [-0.15, -0.1) is 0 Å². The van der Waals surface area contributed by atoms with Gasteiger partial charge in [-0.2, -0.15) is 0 Å². The summed E-state index contributed by atoms with van der Waals surface area (Å²) in [6.45, 7) is 2.11. The fourth-order valence-electron chi connectivity index (χ4n) is 1.93. The van der Waals surface area contributed by atoms with Gasteiger partial charge in [0.15, 0.2) is 0 Å². The summed E-state index contributed by atoms with van der Waals surface area (Å²) < 4.78 is 0.754. The smallest absolute Gasteiger partial charge is 0.254 e. The van der Waals surface area contributed by atoms with E-state index in [1.807, 2.05) is 11.9 Å². The number of amides is 1. The van der Waals surface area contributed by atoms with Gasteiger partial charge in [-0.05, 0) is 59.8 Å². The third-order valence-electron chi connectivity index (χ3n) is 3.40. The predicted octanol–water partition coefficient (Wildman–Crippen LogP) is 3.97. The summed E-state index contributed by atoms with van der Waals surface area (Å²) in [5.41, 5.74) is 0.671. The number of carbonyl (C=O) groups is 1. The minimum absolute atomic E-state index is 0.0490. The summed E-state index contributed by atoms with van der Waals surface area (Å²) in [6.07, 6.45) is 2.47. The first kappa shape index (κ1) is 12.9. The molecular formula is C13H15BrClNO. The monoisotopic (exact) mass is 315 g/mol. The van der Waals surface area contributed by atoms with Crippen molar-refractivity contribution in [3.05, 3.63) is 33.3 Å². The molecule has 1 aromatic carbocycles. The average molecular weight is 317 g/mol. The van der Waals surface area contributed by atoms with Gasteiger partial charge >= 0.3 is 0 Å². The van der Waals surface area contributed by atoms with Gasteiger partial charge in [0.05, 0.1) is 5.56 Å². The second-order valence-corrected chi connectivity index (χ2v) is 5.91. The summed E-state index contributed by atoms with van der Waals surface area (Å²) in [5, 5.41) is 0.631. The van der Waals surface area contributed by atoms with Gasteiger partial charge < -0.3 is 4.90 Å². The van der Waals surface area contributed by atoms with Crippen molar-refractivity contribution in [2.75, 3.05) is 7.05 Å². The second kappa shape index (κ2) is 4.99. The van der Waals surface area contributed by atoms with E-state index >= 15 is 0 Å². The third-order valence-corrected chi connectivity index (χ3v) is 4.29. The molecule has 2 rings (SSSR count). The van der Waals surface area contributed by atoms with Crippen LogP contribution in [-0.2, 0) is 0 Å². The highest BCUT2D eigenvalue weighted by Crippen LogP contribution is 2.35. The van der Waals surface area contributed by atoms with E-state index in [0.717, 1.165) is 4.47 Å². The van der Waals surface area contributed by atoms with Crippen LogP contribution in [0.3, 0.4) is 0 Å². The Balaban J connectivity index is 2.18. The van der Waals surface area contributed by atoms with Crippen LogP contribution < -0.4 is 0 Å². The van der Waals surface area contributed by atoms with Crippen molar-refractivity contribution < 1.29 is 4.79 Å². The Labute approximate surface area is 115 Å². The maximum atomic E-state index is 12.3. The molecule has 0 aromatic heterocycles. The molecule has 0 N–H and O–H groups in total. The minimum Gasteiger partial charge on any atom is -0.339 e. The van der Waals surface area contributed by atoms with E-state index in [4.69, 9.17) is 11.6 Å². The zero-order valence-corrected chi connectivity index (χ0v) is 12.3. The van der Waals surface area contributed by atoms with Crippen molar-refractivity contribution in [2.45, 2.75) is 25.8 Å². The highest BCUT2D eigenvalue weighted by molar-refractivity contribution is 9.10. The van der Waals surface area contributed by atoms with Crippen molar-refractivity contribution in [3.63, 3.8) is 0 Å². The summed E-state index contributed by atoms with van der Waals surface area (Å²) in [5.74, 6) is 0.725. The van der Waals surface area contributed by atoms with Crippen LogP contribution in [0.2, 0.25) is 5.02 Å². The van der Waals surface area contributed by atoms with Crippen molar-refractivity contribution >= 4 is 33.4 Å². The number of halogens is 2. The predicted molar refractivity (Wildman–Crippen MR) is 73.4 cm³/mol. The average Bonchev–Trinajstić information content (AvgIpc) is 3.10. The molecule has 0 saturated heterocycles. The molecule has 0 aliphatic heterocycles. The molecule has 1 unspecified atom stereocenters. The number of carbonyl (C=O) groups excluding carboxylic acids is 1. The Morgan fingerprint density at radius 2 is 2.18 bits per heavy atom. The highest BCUT2D eigenvalue weighted by Gasteiger charge is 2.33. The van der Waals surface area contributed by atoms with E-state index in [2.05, 4.69) is 22.9 Å². The summed E-state index contributed by atoms with van der Waals surface area (Å²) in [6, 6.07) is 5.58. The van der Waals surface area contributed by atoms with Crippen molar-refractivity contribution in [1.29, 1.82) is 0 Å². The molecular weight excluding hydrogens is 302 g/mol. The lowest BCUT2D eigenvalue weighted by Crippen LogP contribution is -2.36. The van der Waals surface area contributed by atoms with Crippen molar-refractivity contribution in [1.82, 2.24) is 4.90 Å². The van der Waals surface area contributed by atoms with Crippen LogP contribution >= 0.6 is 27.5 Å². The first-order valence-electron chi connectivity index (χ1n) is 5.73. The summed E-state index contributed by atoms with van der Waals surface area (Å²) >= 11 is 9.26. The second-order valence-electron chi connectivity index (χ2n) is 4.62. The number of nitrogens with zero attached hydrogens (tertiary/aromatic N) is 1. The standard InChI is InChI=1S/C13H15BrClNO/c1-8(9-3-4-9)16(2)13(17)11-6-5-10(15)7-12(11)14/h5-9H,3-4H2,1-2H3. The zero-order valence-electron chi connectivity index (χ0n) is 9.91. The lowest BCUT2D eigenvalue weighted by Gasteiger charge is -2.25. The fraction of sp³-hybridized carbons (Fsp3) is 0.462. The van der Waals surface area contributed by atoms with Gasteiger partial charge in [-0.25, -0.2) is 0 Å². The van der Waals surface area contributed by atoms with Crippen LogP contribution in [0.25, 0.3) is 0 Å². The molecule has 17 heavy (non-hydrogen) atoms. The van der Waals surface area contributed by atoms with E-state index in [-0.39, 0.29) is 5.91 Å². The van der Waals surface area contributed by atoms with Crippen molar-refractivity contribution in [2.24, 2.45) is 5.92 Å². The summed E-state index contributed by atoms with van der Waals surface area (Å²) in [7, 11) is 1.87. The van der Waals surface area contributed by atoms with E-state index in [1.54, 1.807) is 18.2 Å². The molecule has 1 aromatic rings. The quantitative estimate of drug-likeness (QED) is 0.826. The zero-order chi connectivity index (χ0) is 12.6. The Kier molecular flexibility index (Phi) is 3.79. The van der Waals surface area contributed by atoms with E-state index < -0.39 is 0 Å². The van der Waals surface area contributed by atoms with Gasteiger partial charge in [0.25, 0.3) is 5.91 Å². The number of rotatable bonds is 3. The first-order valence-corrected chi connectivity index (χ1v) is 6.90. The van der Waals surface area contributed by atoms with Crippen LogP contribution in [0, 0.1) is 5.92 Å². The molecule has 92 valence electrons. The molecule has 0 bridgehead atoms. The largest absolute Gasteiger partial charge is 0.339 e. The maximum absolute atomic E-state index is 12.3. The van der Waals surface area contributed by atoms with Crippen LogP contribution in [-0.4, -0.2) is 23.9 Å². The van der Waals surface area contributed by atoms with E-state index in [0.29, 0.717) is 22.5 Å². The molecule has 1 aliphatic carbocycles. The topological polar surface area (TPSA) is 20.3 Å². The molecule has 2 nitrogen and oxygen atoms in total. The van der Waals surface area contributed by atoms with Crippen molar-refractivity contribution in [3.8, 4) is 0 Å². The Bertz CT molecular complexity index is 445. The molecule has 1 amide bonds. The van der Waals surface area contributed by atoms with Gasteiger partial charge in [0.2, 0.25) is 0 Å². The van der Waals surface area contributed by atoms with Gasteiger partial charge in [-0.1, -0.05) is 11.6 Å². The van der Waals surface area contributed by atoms with Crippen LogP contribution in [0.1, 0.15) is 30.1 Å². The molecule has 0 radical (unpaired) electrons. The Morgan fingerprint density at radius 3 is 2.71 bits per heavy atom. The molecule has 1 fully saturated rings.